The van der Waals surface area contributed by atoms with Crippen molar-refractivity contribution in [2.24, 2.45) is 5.41 Å². The highest BCUT2D eigenvalue weighted by atomic mass is 16.4. The van der Waals surface area contributed by atoms with E-state index in [1.165, 1.54) is 0 Å². The van der Waals surface area contributed by atoms with Crippen LogP contribution in [-0.4, -0.2) is 21.8 Å². The van der Waals surface area contributed by atoms with Crippen LogP contribution in [0.2, 0.25) is 0 Å². The predicted molar refractivity (Wildman–Crippen MR) is 81.7 cm³/mol. The number of aromatic nitrogens is 1. The van der Waals surface area contributed by atoms with Gasteiger partial charge in [0.05, 0.1) is 5.56 Å². The van der Waals surface area contributed by atoms with Gasteiger partial charge in [-0.2, -0.15) is 0 Å². The van der Waals surface area contributed by atoms with E-state index < -0.39 is 11.4 Å². The van der Waals surface area contributed by atoms with Crippen LogP contribution in [0, 0.1) is 5.41 Å². The second kappa shape index (κ2) is 5.07. The van der Waals surface area contributed by atoms with Crippen LogP contribution < -0.4 is 5.43 Å². The zero-order valence-corrected chi connectivity index (χ0v) is 13.0. The number of nitrogens with one attached hydrogen (secondary N) is 1. The van der Waals surface area contributed by atoms with Gasteiger partial charge in [-0.1, -0.05) is 26.7 Å². The summed E-state index contributed by atoms with van der Waals surface area (Å²) in [4.78, 5) is 39.7. The summed E-state index contributed by atoms with van der Waals surface area (Å²) in [7, 11) is 0. The van der Waals surface area contributed by atoms with Crippen LogP contribution in [0.25, 0.3) is 0 Å². The number of rotatable bonds is 2. The van der Waals surface area contributed by atoms with Crippen molar-refractivity contribution in [1.82, 2.24) is 4.98 Å². The number of pyridine rings is 1. The smallest absolute Gasteiger partial charge is 0.341 e. The van der Waals surface area contributed by atoms with E-state index in [2.05, 4.69) is 4.98 Å². The van der Waals surface area contributed by atoms with Gasteiger partial charge in [-0.3, -0.25) is 9.59 Å². The van der Waals surface area contributed by atoms with E-state index in [-0.39, 0.29) is 28.2 Å². The van der Waals surface area contributed by atoms with Crippen molar-refractivity contribution in [2.75, 3.05) is 0 Å². The molecule has 1 heterocycles. The number of Topliss-reactive ketones (excluding diaryl/α,β-unsaturated/α-hetero) is 1. The number of aromatic carboxylic acids is 1. The van der Waals surface area contributed by atoms with Gasteiger partial charge in [0.15, 0.2) is 5.78 Å². The molecule has 0 saturated heterocycles. The maximum absolute atomic E-state index is 12.6. The van der Waals surface area contributed by atoms with E-state index in [1.807, 2.05) is 13.8 Å². The Bertz CT molecular complexity index is 708. The maximum atomic E-state index is 12.6. The van der Waals surface area contributed by atoms with Crippen LogP contribution in [0.5, 0.6) is 0 Å². The molecule has 3 rings (SSSR count). The summed E-state index contributed by atoms with van der Waals surface area (Å²) in [6, 6.07) is 0. The number of carbonyl (C=O) groups is 2. The summed E-state index contributed by atoms with van der Waals surface area (Å²) >= 11 is 0. The summed E-state index contributed by atoms with van der Waals surface area (Å²) in [6.45, 7) is 3.69. The zero-order valence-electron chi connectivity index (χ0n) is 13.0. The Morgan fingerprint density at radius 1 is 1.18 bits per heavy atom. The minimum atomic E-state index is -1.26. The quantitative estimate of drug-likeness (QED) is 0.879. The first-order valence-corrected chi connectivity index (χ1v) is 7.90. The fraction of sp³-hybridized carbons (Fsp3) is 0.588. The highest BCUT2D eigenvalue weighted by Gasteiger charge is 2.43. The summed E-state index contributed by atoms with van der Waals surface area (Å²) in [5.74, 6) is -1.57. The molecule has 2 N–H and O–H groups in total. The number of H-pyrrole nitrogens is 1. The number of hydrogen-bond acceptors (Lipinski definition) is 3. The first-order chi connectivity index (χ1) is 10.3. The predicted octanol–water partition coefficient (Wildman–Crippen LogP) is 2.89. The van der Waals surface area contributed by atoms with Crippen LogP contribution in [0.3, 0.4) is 0 Å². The highest BCUT2D eigenvalue weighted by Crippen LogP contribution is 2.47. The summed E-state index contributed by atoms with van der Waals surface area (Å²) in [6.07, 6.45) is 5.33. The van der Waals surface area contributed by atoms with Gasteiger partial charge in [0.2, 0.25) is 5.43 Å². The van der Waals surface area contributed by atoms with Gasteiger partial charge in [-0.15, -0.1) is 0 Å². The molecule has 1 spiro atoms. The third-order valence-electron chi connectivity index (χ3n) is 5.13. The molecule has 0 amide bonds. The van der Waals surface area contributed by atoms with Gasteiger partial charge in [-0.05, 0) is 30.6 Å². The molecule has 2 aliphatic carbocycles. The van der Waals surface area contributed by atoms with Gasteiger partial charge in [0, 0.05) is 17.8 Å². The lowest BCUT2D eigenvalue weighted by Gasteiger charge is -2.33. The Morgan fingerprint density at radius 2 is 1.82 bits per heavy atom. The Balaban J connectivity index is 2.21. The summed E-state index contributed by atoms with van der Waals surface area (Å²) in [5.41, 5.74) is 0.258. The van der Waals surface area contributed by atoms with Crippen molar-refractivity contribution in [3.05, 3.63) is 32.7 Å². The largest absolute Gasteiger partial charge is 0.477 e. The molecule has 1 fully saturated rings. The SMILES string of the molecule is CC(C)c1[nH]c2c(c(=O)c1C(=O)O)C(=O)CC1(CCCC1)C2. The lowest BCUT2D eigenvalue weighted by molar-refractivity contribution is 0.0693. The standard InChI is InChI=1S/C17H21NO4/c1-9(2)14-13(16(21)22)15(20)12-10(18-14)7-17(8-11(12)19)5-3-4-6-17/h9H,3-8H2,1-2H3,(H,18,20)(H,21,22). The second-order valence-electron chi connectivity index (χ2n) is 7.04. The van der Waals surface area contributed by atoms with Crippen molar-refractivity contribution in [1.29, 1.82) is 0 Å². The molecule has 118 valence electrons. The van der Waals surface area contributed by atoms with Crippen LogP contribution in [-0.2, 0) is 6.42 Å². The van der Waals surface area contributed by atoms with E-state index >= 15 is 0 Å². The molecular weight excluding hydrogens is 282 g/mol. The normalized spacial score (nSPS) is 19.7. The van der Waals surface area contributed by atoms with E-state index in [9.17, 15) is 19.5 Å². The molecule has 0 bridgehead atoms. The average Bonchev–Trinajstić information content (AvgIpc) is 2.84. The fourth-order valence-corrected chi connectivity index (χ4v) is 4.09. The van der Waals surface area contributed by atoms with E-state index in [1.54, 1.807) is 0 Å². The molecule has 2 aliphatic rings. The van der Waals surface area contributed by atoms with Gasteiger partial charge in [0.25, 0.3) is 0 Å². The van der Waals surface area contributed by atoms with Crippen LogP contribution in [0.1, 0.15) is 84.0 Å². The number of hydrogen-bond donors (Lipinski definition) is 2. The first kappa shape index (κ1) is 15.0. The minimum absolute atomic E-state index is 0.0218. The molecule has 0 aromatic carbocycles. The van der Waals surface area contributed by atoms with E-state index in [4.69, 9.17) is 0 Å². The number of carboxylic acids is 1. The summed E-state index contributed by atoms with van der Waals surface area (Å²) < 4.78 is 0. The monoisotopic (exact) mass is 303 g/mol. The van der Waals surface area contributed by atoms with E-state index in [0.29, 0.717) is 24.2 Å². The lowest BCUT2D eigenvalue weighted by atomic mass is 9.71. The Labute approximate surface area is 128 Å². The van der Waals surface area contributed by atoms with Gasteiger partial charge in [0.1, 0.15) is 5.56 Å². The molecule has 0 unspecified atom stereocenters. The first-order valence-electron chi connectivity index (χ1n) is 7.90. The average molecular weight is 303 g/mol. The van der Waals surface area contributed by atoms with Crippen molar-refractivity contribution >= 4 is 11.8 Å². The molecular formula is C17H21NO4. The number of ketones is 1. The maximum Gasteiger partial charge on any atom is 0.341 e. The summed E-state index contributed by atoms with van der Waals surface area (Å²) in [5, 5.41) is 9.36. The second-order valence-corrected chi connectivity index (χ2v) is 7.04. The zero-order chi connectivity index (χ0) is 16.1. The van der Waals surface area contributed by atoms with Crippen molar-refractivity contribution in [2.45, 2.75) is 58.3 Å². The molecule has 5 nitrogen and oxygen atoms in total. The lowest BCUT2D eigenvalue weighted by Crippen LogP contribution is -2.37. The van der Waals surface area contributed by atoms with Gasteiger partial charge < -0.3 is 10.1 Å². The molecule has 22 heavy (non-hydrogen) atoms. The molecule has 0 radical (unpaired) electrons. The molecule has 1 aromatic heterocycles. The Morgan fingerprint density at radius 3 is 2.36 bits per heavy atom. The number of carboxylic acid groups (broad SMARTS) is 1. The number of aromatic amines is 1. The molecule has 1 saturated carbocycles. The van der Waals surface area contributed by atoms with Crippen molar-refractivity contribution in [3.8, 4) is 0 Å². The van der Waals surface area contributed by atoms with Crippen molar-refractivity contribution < 1.29 is 14.7 Å². The van der Waals surface area contributed by atoms with Crippen LogP contribution in [0.4, 0.5) is 0 Å². The minimum Gasteiger partial charge on any atom is -0.477 e. The Kier molecular flexibility index (Phi) is 3.46. The highest BCUT2D eigenvalue weighted by molar-refractivity contribution is 6.01. The third kappa shape index (κ3) is 2.19. The van der Waals surface area contributed by atoms with Gasteiger partial charge in [-0.25, -0.2) is 4.79 Å². The molecule has 0 aliphatic heterocycles. The molecule has 1 aromatic rings. The molecule has 0 atom stereocenters. The Hall–Kier alpha value is -1.91. The number of fused-ring (bicyclic) bond motifs is 1. The number of carbonyl (C=O) groups excluding carboxylic acids is 1. The van der Waals surface area contributed by atoms with E-state index in [0.717, 1.165) is 25.7 Å². The molecule has 5 heteroatoms. The van der Waals surface area contributed by atoms with Crippen molar-refractivity contribution in [3.63, 3.8) is 0 Å². The topological polar surface area (TPSA) is 87.2 Å². The fourth-order valence-electron chi connectivity index (χ4n) is 4.09. The van der Waals surface area contributed by atoms with Crippen LogP contribution in [0.15, 0.2) is 4.79 Å². The van der Waals surface area contributed by atoms with Gasteiger partial charge >= 0.3 is 5.97 Å². The van der Waals surface area contributed by atoms with Crippen LogP contribution >= 0.6 is 0 Å². The third-order valence-corrected chi connectivity index (χ3v) is 5.13.